The highest BCUT2D eigenvalue weighted by Crippen LogP contribution is 2.24. The summed E-state index contributed by atoms with van der Waals surface area (Å²) in [6.45, 7) is 0.622. The molecule has 0 saturated carbocycles. The maximum atomic E-state index is 11.7. The van der Waals surface area contributed by atoms with E-state index in [2.05, 4.69) is 44.6 Å². The number of rotatable bonds is 6. The van der Waals surface area contributed by atoms with Crippen LogP contribution in [0.3, 0.4) is 0 Å². The fourth-order valence-corrected chi connectivity index (χ4v) is 3.10. The number of fused-ring (bicyclic) bond motifs is 1. The van der Waals surface area contributed by atoms with Gasteiger partial charge < -0.3 is 10.2 Å². The lowest BCUT2D eigenvalue weighted by atomic mass is 9.91. The van der Waals surface area contributed by atoms with Crippen LogP contribution in [0, 0.1) is 0 Å². The molecule has 0 aliphatic rings. The fraction of sp³-hybridized carbons (Fsp3) is 0.143. The molecule has 7 heteroatoms. The largest absolute Gasteiger partial charge is 0.463 e. The van der Waals surface area contributed by atoms with Crippen LogP contribution in [0.15, 0.2) is 73.2 Å². The molecular weight excluding hydrogens is 354 g/mol. The Kier molecular flexibility index (Phi) is 4.97. The van der Waals surface area contributed by atoms with Crippen molar-refractivity contribution < 1.29 is 9.53 Å². The molecule has 4 rings (SSSR count). The molecule has 0 saturated heterocycles. The van der Waals surface area contributed by atoms with Gasteiger partial charge in [0.05, 0.1) is 13.3 Å². The molecule has 140 valence electrons. The smallest absolute Gasteiger partial charge is 0.376 e. The van der Waals surface area contributed by atoms with Gasteiger partial charge >= 0.3 is 5.97 Å². The van der Waals surface area contributed by atoms with E-state index in [0.29, 0.717) is 17.7 Å². The van der Waals surface area contributed by atoms with E-state index in [0.717, 1.165) is 0 Å². The number of hydrogen-bond donors (Lipinski definition) is 1. The number of aromatic nitrogens is 4. The van der Waals surface area contributed by atoms with Gasteiger partial charge in [-0.05, 0) is 11.1 Å². The molecular formula is C21H19N5O2. The van der Waals surface area contributed by atoms with Crippen molar-refractivity contribution in [2.45, 2.75) is 5.92 Å². The Balaban J connectivity index is 1.63. The Bertz CT molecular complexity index is 1040. The van der Waals surface area contributed by atoms with Crippen molar-refractivity contribution >= 4 is 17.1 Å². The lowest BCUT2D eigenvalue weighted by Crippen LogP contribution is -2.22. The van der Waals surface area contributed by atoms with Crippen molar-refractivity contribution in [3.8, 4) is 0 Å². The summed E-state index contributed by atoms with van der Waals surface area (Å²) < 4.78 is 6.41. The number of ether oxygens (including phenoxy) is 1. The van der Waals surface area contributed by atoms with Gasteiger partial charge in [0, 0.05) is 12.5 Å². The number of carbonyl (C=O) groups is 1. The SMILES string of the molecule is COC(=O)c1ncc2ncn(NCC(c3ccccc3)c3ccccc3)c2n1. The van der Waals surface area contributed by atoms with E-state index in [1.54, 1.807) is 11.0 Å². The summed E-state index contributed by atoms with van der Waals surface area (Å²) in [4.78, 5) is 24.3. The van der Waals surface area contributed by atoms with E-state index < -0.39 is 5.97 Å². The Morgan fingerprint density at radius 2 is 1.68 bits per heavy atom. The van der Waals surface area contributed by atoms with Crippen LogP contribution >= 0.6 is 0 Å². The monoisotopic (exact) mass is 373 g/mol. The third kappa shape index (κ3) is 3.55. The van der Waals surface area contributed by atoms with Crippen molar-refractivity contribution in [2.24, 2.45) is 0 Å². The molecule has 2 aromatic heterocycles. The second kappa shape index (κ2) is 7.87. The van der Waals surface area contributed by atoms with Gasteiger partial charge in [-0.3, -0.25) is 0 Å². The summed E-state index contributed by atoms with van der Waals surface area (Å²) in [5, 5.41) is 0. The van der Waals surface area contributed by atoms with E-state index in [4.69, 9.17) is 4.74 Å². The zero-order valence-corrected chi connectivity index (χ0v) is 15.3. The summed E-state index contributed by atoms with van der Waals surface area (Å²) >= 11 is 0. The number of methoxy groups -OCH3 is 1. The maximum Gasteiger partial charge on any atom is 0.376 e. The van der Waals surface area contributed by atoms with Gasteiger partial charge in [-0.1, -0.05) is 60.7 Å². The van der Waals surface area contributed by atoms with Gasteiger partial charge in [-0.15, -0.1) is 0 Å². The van der Waals surface area contributed by atoms with Crippen LogP contribution in [-0.2, 0) is 4.74 Å². The van der Waals surface area contributed by atoms with E-state index in [-0.39, 0.29) is 11.7 Å². The summed E-state index contributed by atoms with van der Waals surface area (Å²) in [6, 6.07) is 20.6. The summed E-state index contributed by atoms with van der Waals surface area (Å²) in [6.07, 6.45) is 3.14. The van der Waals surface area contributed by atoms with Gasteiger partial charge in [0.2, 0.25) is 5.82 Å². The van der Waals surface area contributed by atoms with Crippen molar-refractivity contribution in [3.05, 3.63) is 90.1 Å². The summed E-state index contributed by atoms with van der Waals surface area (Å²) in [5.74, 6) is -0.441. The molecule has 0 bridgehead atoms. The standard InChI is InChI=1S/C21H19N5O2/c1-28-21(27)19-22-13-18-20(25-19)26(14-23-18)24-12-17(15-8-4-2-5-9-15)16-10-6-3-7-11-16/h2-11,13-14,17,24H,12H2,1H3. The fourth-order valence-electron chi connectivity index (χ4n) is 3.10. The normalized spacial score (nSPS) is 10.9. The quantitative estimate of drug-likeness (QED) is 0.523. The van der Waals surface area contributed by atoms with Crippen molar-refractivity contribution in [1.29, 1.82) is 0 Å². The topological polar surface area (TPSA) is 81.9 Å². The Hall–Kier alpha value is -3.74. The number of carbonyl (C=O) groups excluding carboxylic acids is 1. The first-order valence-corrected chi connectivity index (χ1v) is 8.88. The predicted octanol–water partition coefficient (Wildman–Crippen LogP) is 2.99. The molecule has 0 radical (unpaired) electrons. The van der Waals surface area contributed by atoms with Gasteiger partial charge in [0.1, 0.15) is 11.8 Å². The molecule has 2 heterocycles. The second-order valence-corrected chi connectivity index (χ2v) is 6.24. The number of esters is 1. The molecule has 0 aliphatic carbocycles. The van der Waals surface area contributed by atoms with Gasteiger partial charge in [0.25, 0.3) is 0 Å². The number of imidazole rings is 1. The minimum absolute atomic E-state index is 0.00113. The molecule has 4 aromatic rings. The van der Waals surface area contributed by atoms with Crippen molar-refractivity contribution in [1.82, 2.24) is 19.6 Å². The van der Waals surface area contributed by atoms with Crippen LogP contribution < -0.4 is 5.43 Å². The minimum atomic E-state index is -0.582. The molecule has 1 N–H and O–H groups in total. The molecule has 0 atom stereocenters. The average molecular weight is 373 g/mol. The van der Waals surface area contributed by atoms with Crippen LogP contribution in [0.2, 0.25) is 0 Å². The molecule has 0 fully saturated rings. The highest BCUT2D eigenvalue weighted by molar-refractivity contribution is 5.87. The first-order chi connectivity index (χ1) is 13.8. The highest BCUT2D eigenvalue weighted by atomic mass is 16.5. The molecule has 28 heavy (non-hydrogen) atoms. The molecule has 7 nitrogen and oxygen atoms in total. The molecule has 0 unspecified atom stereocenters. The van der Waals surface area contributed by atoms with Gasteiger partial charge in [-0.25, -0.2) is 24.4 Å². The zero-order valence-electron chi connectivity index (χ0n) is 15.3. The third-order valence-corrected chi connectivity index (χ3v) is 4.53. The van der Waals surface area contributed by atoms with Crippen molar-refractivity contribution in [2.75, 3.05) is 19.1 Å². The lowest BCUT2D eigenvalue weighted by Gasteiger charge is -2.20. The number of nitrogens with one attached hydrogen (secondary N) is 1. The van der Waals surface area contributed by atoms with E-state index in [9.17, 15) is 4.79 Å². The van der Waals surface area contributed by atoms with Crippen molar-refractivity contribution in [3.63, 3.8) is 0 Å². The molecule has 0 aliphatic heterocycles. The van der Waals surface area contributed by atoms with Crippen LogP contribution in [-0.4, -0.2) is 39.3 Å². The van der Waals surface area contributed by atoms with Crippen LogP contribution in [0.1, 0.15) is 27.7 Å². The third-order valence-electron chi connectivity index (χ3n) is 4.53. The Morgan fingerprint density at radius 1 is 1.04 bits per heavy atom. The molecule has 0 amide bonds. The Morgan fingerprint density at radius 3 is 2.29 bits per heavy atom. The number of hydrogen-bond acceptors (Lipinski definition) is 6. The summed E-state index contributed by atoms with van der Waals surface area (Å²) in [7, 11) is 1.30. The highest BCUT2D eigenvalue weighted by Gasteiger charge is 2.16. The molecule has 0 spiro atoms. The zero-order chi connectivity index (χ0) is 19.3. The lowest BCUT2D eigenvalue weighted by molar-refractivity contribution is 0.0587. The average Bonchev–Trinajstić information content (AvgIpc) is 3.17. The minimum Gasteiger partial charge on any atom is -0.463 e. The van der Waals surface area contributed by atoms with E-state index in [1.807, 2.05) is 36.4 Å². The maximum absolute atomic E-state index is 11.7. The first kappa shape index (κ1) is 17.7. The van der Waals surface area contributed by atoms with E-state index in [1.165, 1.54) is 24.4 Å². The number of nitrogens with zero attached hydrogens (tertiary/aromatic N) is 4. The van der Waals surface area contributed by atoms with Crippen LogP contribution in [0.25, 0.3) is 11.2 Å². The van der Waals surface area contributed by atoms with Gasteiger partial charge in [0.15, 0.2) is 5.65 Å². The van der Waals surface area contributed by atoms with E-state index >= 15 is 0 Å². The first-order valence-electron chi connectivity index (χ1n) is 8.88. The Labute approximate surface area is 162 Å². The molecule has 2 aromatic carbocycles. The van der Waals surface area contributed by atoms with Gasteiger partial charge in [-0.2, -0.15) is 0 Å². The summed E-state index contributed by atoms with van der Waals surface area (Å²) in [5.41, 5.74) is 6.89. The van der Waals surface area contributed by atoms with Crippen LogP contribution in [0.4, 0.5) is 0 Å². The number of benzene rings is 2. The predicted molar refractivity (Wildman–Crippen MR) is 106 cm³/mol. The van der Waals surface area contributed by atoms with Crippen LogP contribution in [0.5, 0.6) is 0 Å². The second-order valence-electron chi connectivity index (χ2n) is 6.24.